The summed E-state index contributed by atoms with van der Waals surface area (Å²) >= 11 is 0. The zero-order chi connectivity index (χ0) is 15.6. The van der Waals surface area contributed by atoms with Gasteiger partial charge in [0.2, 0.25) is 0 Å². The molecule has 1 aromatic rings. The number of aliphatic hydroxyl groups is 2. The minimum Gasteiger partial charge on any atom is -0.496 e. The van der Waals surface area contributed by atoms with E-state index in [1.165, 1.54) is 7.11 Å². The van der Waals surface area contributed by atoms with Gasteiger partial charge in [0.05, 0.1) is 19.3 Å². The molecule has 114 valence electrons. The van der Waals surface area contributed by atoms with E-state index in [4.69, 9.17) is 19.3 Å². The number of carbonyl (C=O) groups is 2. The summed E-state index contributed by atoms with van der Waals surface area (Å²) in [6.45, 7) is 0.834. The molecule has 0 fully saturated rings. The van der Waals surface area contributed by atoms with E-state index in [2.05, 4.69) is 0 Å². The van der Waals surface area contributed by atoms with Crippen LogP contribution in [0.3, 0.4) is 0 Å². The van der Waals surface area contributed by atoms with Crippen molar-refractivity contribution in [1.82, 2.24) is 0 Å². The van der Waals surface area contributed by atoms with Crippen LogP contribution in [-0.2, 0) is 16.1 Å². The Balaban J connectivity index is 2.35. The summed E-state index contributed by atoms with van der Waals surface area (Å²) in [5.74, 6) is -0.864. The van der Waals surface area contributed by atoms with Crippen molar-refractivity contribution in [3.05, 3.63) is 28.3 Å². The van der Waals surface area contributed by atoms with Gasteiger partial charge in [-0.1, -0.05) is 0 Å². The Kier molecular flexibility index (Phi) is 4.44. The molecule has 0 bridgehead atoms. The number of esters is 2. The Labute approximate surface area is 121 Å². The molecule has 1 aromatic carbocycles. The number of hydrogen-bond donors (Lipinski definition) is 2. The fourth-order valence-corrected chi connectivity index (χ4v) is 2.16. The van der Waals surface area contributed by atoms with Gasteiger partial charge in [-0.05, 0) is 18.6 Å². The second-order valence-corrected chi connectivity index (χ2v) is 4.64. The van der Waals surface area contributed by atoms with Crippen molar-refractivity contribution in [2.75, 3.05) is 20.3 Å². The highest BCUT2D eigenvalue weighted by Gasteiger charge is 2.32. The molecule has 7 heteroatoms. The molecule has 2 rings (SSSR count). The lowest BCUT2D eigenvalue weighted by Crippen LogP contribution is -2.22. The Hall–Kier alpha value is -2.12. The van der Waals surface area contributed by atoms with Gasteiger partial charge in [-0.25, -0.2) is 9.59 Å². The predicted molar refractivity (Wildman–Crippen MR) is 70.2 cm³/mol. The first-order valence-electron chi connectivity index (χ1n) is 6.33. The van der Waals surface area contributed by atoms with Gasteiger partial charge < -0.3 is 24.4 Å². The molecule has 0 spiro atoms. The summed E-state index contributed by atoms with van der Waals surface area (Å²) in [5.41, 5.74) is 1.43. The van der Waals surface area contributed by atoms with Crippen LogP contribution in [0.2, 0.25) is 0 Å². The van der Waals surface area contributed by atoms with E-state index in [-0.39, 0.29) is 24.3 Å². The Morgan fingerprint density at radius 2 is 2.24 bits per heavy atom. The number of hydrogen-bond acceptors (Lipinski definition) is 7. The van der Waals surface area contributed by atoms with E-state index in [0.29, 0.717) is 16.9 Å². The van der Waals surface area contributed by atoms with Crippen LogP contribution in [0.25, 0.3) is 0 Å². The minimum atomic E-state index is -1.14. The van der Waals surface area contributed by atoms with Crippen molar-refractivity contribution in [2.24, 2.45) is 0 Å². The normalized spacial score (nSPS) is 14.4. The monoisotopic (exact) mass is 296 g/mol. The molecule has 0 aliphatic carbocycles. The van der Waals surface area contributed by atoms with E-state index in [1.54, 1.807) is 13.0 Å². The maximum absolute atomic E-state index is 12.1. The molecule has 1 aliphatic rings. The highest BCUT2D eigenvalue weighted by Crippen LogP contribution is 2.35. The molecular formula is C14H16O7. The second-order valence-electron chi connectivity index (χ2n) is 4.64. The van der Waals surface area contributed by atoms with Crippen LogP contribution in [0, 0.1) is 6.92 Å². The first kappa shape index (κ1) is 15.3. The van der Waals surface area contributed by atoms with Crippen molar-refractivity contribution >= 4 is 11.9 Å². The number of ether oxygens (including phenoxy) is 3. The van der Waals surface area contributed by atoms with Crippen molar-refractivity contribution in [3.63, 3.8) is 0 Å². The van der Waals surface area contributed by atoms with E-state index in [9.17, 15) is 14.7 Å². The number of cyclic esters (lactones) is 1. The maximum atomic E-state index is 12.1. The highest BCUT2D eigenvalue weighted by atomic mass is 16.5. The van der Waals surface area contributed by atoms with Crippen molar-refractivity contribution in [1.29, 1.82) is 0 Å². The first-order valence-corrected chi connectivity index (χ1v) is 6.33. The molecule has 1 heterocycles. The lowest BCUT2D eigenvalue weighted by molar-refractivity contribution is 0.00911. The molecular weight excluding hydrogens is 280 g/mol. The van der Waals surface area contributed by atoms with Crippen molar-refractivity contribution in [2.45, 2.75) is 19.6 Å². The van der Waals surface area contributed by atoms with E-state index in [1.807, 2.05) is 0 Å². The smallest absolute Gasteiger partial charge is 0.342 e. The van der Waals surface area contributed by atoms with Gasteiger partial charge in [-0.15, -0.1) is 0 Å². The maximum Gasteiger partial charge on any atom is 0.342 e. The molecule has 0 unspecified atom stereocenters. The summed E-state index contributed by atoms with van der Waals surface area (Å²) in [5, 5.41) is 17.9. The molecule has 1 atom stereocenters. The average molecular weight is 296 g/mol. The number of carbonyl (C=O) groups excluding carboxylic acids is 2. The third-order valence-electron chi connectivity index (χ3n) is 3.17. The number of aryl methyl sites for hydroxylation is 1. The quantitative estimate of drug-likeness (QED) is 0.747. The van der Waals surface area contributed by atoms with Gasteiger partial charge in [0.25, 0.3) is 0 Å². The van der Waals surface area contributed by atoms with Gasteiger partial charge >= 0.3 is 11.9 Å². The van der Waals surface area contributed by atoms with Gasteiger partial charge in [-0.2, -0.15) is 0 Å². The van der Waals surface area contributed by atoms with Crippen LogP contribution in [0.5, 0.6) is 5.75 Å². The SMILES string of the molecule is COc1c(C)cc(C(=O)OC[C@H](O)CO)c2c1C(=O)OC2. The van der Waals surface area contributed by atoms with Crippen LogP contribution >= 0.6 is 0 Å². The fourth-order valence-electron chi connectivity index (χ4n) is 2.16. The average Bonchev–Trinajstić information content (AvgIpc) is 2.85. The summed E-state index contributed by atoms with van der Waals surface area (Å²) in [6.07, 6.45) is -1.14. The van der Waals surface area contributed by atoms with E-state index in [0.717, 1.165) is 0 Å². The summed E-state index contributed by atoms with van der Waals surface area (Å²) < 4.78 is 15.0. The lowest BCUT2D eigenvalue weighted by atomic mass is 9.98. The molecule has 1 aliphatic heterocycles. The number of benzene rings is 1. The predicted octanol–water partition coefficient (Wildman–Crippen LogP) is 0.184. The van der Waals surface area contributed by atoms with Crippen LogP contribution in [0.1, 0.15) is 31.8 Å². The van der Waals surface area contributed by atoms with E-state index >= 15 is 0 Å². The topological polar surface area (TPSA) is 102 Å². The van der Waals surface area contributed by atoms with Gasteiger partial charge in [0, 0.05) is 5.56 Å². The lowest BCUT2D eigenvalue weighted by Gasteiger charge is -2.13. The number of aliphatic hydroxyl groups excluding tert-OH is 2. The van der Waals surface area contributed by atoms with Gasteiger partial charge in [-0.3, -0.25) is 0 Å². The Bertz CT molecular complexity index is 579. The third-order valence-corrected chi connectivity index (χ3v) is 3.17. The van der Waals surface area contributed by atoms with E-state index < -0.39 is 24.6 Å². The van der Waals surface area contributed by atoms with Gasteiger partial charge in [0.15, 0.2) is 0 Å². The Morgan fingerprint density at radius 1 is 1.52 bits per heavy atom. The largest absolute Gasteiger partial charge is 0.496 e. The summed E-state index contributed by atoms with van der Waals surface area (Å²) in [7, 11) is 1.43. The van der Waals surface area contributed by atoms with Gasteiger partial charge in [0.1, 0.15) is 30.6 Å². The zero-order valence-electron chi connectivity index (χ0n) is 11.7. The first-order chi connectivity index (χ1) is 9.99. The zero-order valence-corrected chi connectivity index (χ0v) is 11.7. The molecule has 0 amide bonds. The highest BCUT2D eigenvalue weighted by molar-refractivity contribution is 6.02. The molecule has 2 N–H and O–H groups in total. The number of methoxy groups -OCH3 is 1. The molecule has 21 heavy (non-hydrogen) atoms. The van der Waals surface area contributed by atoms with Crippen LogP contribution in [0.15, 0.2) is 6.07 Å². The fraction of sp³-hybridized carbons (Fsp3) is 0.429. The van der Waals surface area contributed by atoms with Crippen molar-refractivity contribution in [3.8, 4) is 5.75 Å². The van der Waals surface area contributed by atoms with Crippen LogP contribution in [-0.4, -0.2) is 48.6 Å². The second kappa shape index (κ2) is 6.11. The minimum absolute atomic E-state index is 0.0300. The van der Waals surface area contributed by atoms with Crippen LogP contribution < -0.4 is 4.74 Å². The Morgan fingerprint density at radius 3 is 2.86 bits per heavy atom. The summed E-state index contributed by atoms with van der Waals surface area (Å²) in [4.78, 5) is 23.8. The van der Waals surface area contributed by atoms with Crippen LogP contribution in [0.4, 0.5) is 0 Å². The standard InChI is InChI=1S/C14H16O7/c1-7-3-9(13(17)20-5-8(16)4-15)10-6-21-14(18)11(10)12(7)19-2/h3,8,15-16H,4-6H2,1-2H3/t8-/m1/s1. The molecule has 0 radical (unpaired) electrons. The number of rotatable bonds is 5. The third kappa shape index (κ3) is 2.84. The summed E-state index contributed by atoms with van der Waals surface area (Å²) in [6, 6.07) is 1.55. The molecule has 0 aromatic heterocycles. The molecule has 0 saturated heterocycles. The van der Waals surface area contributed by atoms with Crippen molar-refractivity contribution < 1.29 is 34.0 Å². The molecule has 7 nitrogen and oxygen atoms in total. The number of fused-ring (bicyclic) bond motifs is 1. The molecule has 0 saturated carbocycles.